The van der Waals surface area contributed by atoms with Gasteiger partial charge in [-0.05, 0) is 49.4 Å². The van der Waals surface area contributed by atoms with Crippen LogP contribution in [0.15, 0.2) is 24.3 Å². The minimum Gasteiger partial charge on any atom is -0.349 e. The maximum absolute atomic E-state index is 12.0. The summed E-state index contributed by atoms with van der Waals surface area (Å²) in [6.45, 7) is 0.558. The van der Waals surface area contributed by atoms with Crippen LogP contribution in [0.2, 0.25) is 5.02 Å². The highest BCUT2D eigenvalue weighted by atomic mass is 35.5. The molecule has 0 spiro atoms. The van der Waals surface area contributed by atoms with Crippen LogP contribution in [0.4, 0.5) is 0 Å². The van der Waals surface area contributed by atoms with Gasteiger partial charge in [-0.2, -0.15) is 0 Å². The predicted octanol–water partition coefficient (Wildman–Crippen LogP) is 3.43. The van der Waals surface area contributed by atoms with Gasteiger partial charge in [0, 0.05) is 11.4 Å². The predicted molar refractivity (Wildman–Crippen MR) is 82.6 cm³/mol. The topological polar surface area (TPSA) is 55.1 Å². The molecule has 3 nitrogen and oxygen atoms in total. The van der Waals surface area contributed by atoms with Crippen LogP contribution in [0.25, 0.3) is 0 Å². The van der Waals surface area contributed by atoms with E-state index in [0.717, 1.165) is 17.0 Å². The van der Waals surface area contributed by atoms with E-state index in [0.29, 0.717) is 18.9 Å². The molecule has 0 heterocycles. The van der Waals surface area contributed by atoms with Gasteiger partial charge < -0.3 is 11.1 Å². The molecule has 1 aromatic carbocycles. The van der Waals surface area contributed by atoms with Crippen LogP contribution in [0, 0.1) is 5.92 Å². The normalized spacial score (nSPS) is 17.1. The monoisotopic (exact) mass is 294 g/mol. The molecule has 20 heavy (non-hydrogen) atoms. The quantitative estimate of drug-likeness (QED) is 0.844. The smallest absolute Gasteiger partial charge is 0.220 e. The summed E-state index contributed by atoms with van der Waals surface area (Å²) in [6, 6.07) is 7.94. The van der Waals surface area contributed by atoms with Crippen molar-refractivity contribution in [1.82, 2.24) is 5.32 Å². The van der Waals surface area contributed by atoms with Gasteiger partial charge in [-0.1, -0.05) is 36.6 Å². The van der Waals surface area contributed by atoms with Crippen molar-refractivity contribution < 1.29 is 4.79 Å². The molecule has 0 aliphatic heterocycles. The molecule has 0 aromatic heterocycles. The Balaban J connectivity index is 2.07. The van der Waals surface area contributed by atoms with Crippen molar-refractivity contribution >= 4 is 17.5 Å². The maximum atomic E-state index is 12.0. The van der Waals surface area contributed by atoms with Crippen LogP contribution >= 0.6 is 11.6 Å². The standard InChI is InChI=1S/C16H23ClN2O/c17-14-9-7-13(8-10-14)16(12-4-1-2-5-12)19-15(20)6-3-11-18/h7-10,12,16H,1-6,11,18H2,(H,19,20). The highest BCUT2D eigenvalue weighted by Crippen LogP contribution is 2.36. The number of halogens is 1. The van der Waals surface area contributed by atoms with Crippen LogP contribution < -0.4 is 11.1 Å². The Bertz CT molecular complexity index is 427. The molecule has 1 aliphatic rings. The van der Waals surface area contributed by atoms with E-state index in [1.165, 1.54) is 25.7 Å². The van der Waals surface area contributed by atoms with Gasteiger partial charge >= 0.3 is 0 Å². The number of hydrogen-bond donors (Lipinski definition) is 2. The molecule has 1 aliphatic carbocycles. The van der Waals surface area contributed by atoms with Crippen molar-refractivity contribution in [3.8, 4) is 0 Å². The summed E-state index contributed by atoms with van der Waals surface area (Å²) < 4.78 is 0. The van der Waals surface area contributed by atoms with E-state index in [9.17, 15) is 4.79 Å². The number of carbonyl (C=O) groups excluding carboxylic acids is 1. The summed E-state index contributed by atoms with van der Waals surface area (Å²) in [7, 11) is 0. The Hall–Kier alpha value is -1.06. The molecular formula is C16H23ClN2O. The van der Waals surface area contributed by atoms with E-state index in [4.69, 9.17) is 17.3 Å². The summed E-state index contributed by atoms with van der Waals surface area (Å²) in [5.74, 6) is 0.639. The van der Waals surface area contributed by atoms with Gasteiger partial charge in [0.15, 0.2) is 0 Å². The van der Waals surface area contributed by atoms with Gasteiger partial charge in [0.05, 0.1) is 6.04 Å². The number of hydrogen-bond acceptors (Lipinski definition) is 2. The molecule has 0 bridgehead atoms. The van der Waals surface area contributed by atoms with Crippen LogP contribution in [0.1, 0.15) is 50.1 Å². The van der Waals surface area contributed by atoms with Crippen molar-refractivity contribution in [2.75, 3.05) is 6.54 Å². The summed E-state index contributed by atoms with van der Waals surface area (Å²) in [5, 5.41) is 3.92. The van der Waals surface area contributed by atoms with Gasteiger partial charge in [0.1, 0.15) is 0 Å². The zero-order chi connectivity index (χ0) is 14.4. The average Bonchev–Trinajstić information content (AvgIpc) is 2.97. The Kier molecular flexibility index (Phi) is 5.86. The highest BCUT2D eigenvalue weighted by molar-refractivity contribution is 6.30. The Morgan fingerprint density at radius 2 is 1.95 bits per heavy atom. The van der Waals surface area contributed by atoms with Crippen molar-refractivity contribution in [2.45, 2.75) is 44.6 Å². The SMILES string of the molecule is NCCCC(=O)NC(c1ccc(Cl)cc1)C1CCCC1. The first-order valence-electron chi connectivity index (χ1n) is 7.45. The first kappa shape index (κ1) is 15.3. The zero-order valence-corrected chi connectivity index (χ0v) is 12.5. The molecule has 110 valence electrons. The second-order valence-corrected chi connectivity index (χ2v) is 5.97. The lowest BCUT2D eigenvalue weighted by Gasteiger charge is -2.25. The summed E-state index contributed by atoms with van der Waals surface area (Å²) in [4.78, 5) is 12.0. The molecule has 0 saturated heterocycles. The highest BCUT2D eigenvalue weighted by Gasteiger charge is 2.27. The van der Waals surface area contributed by atoms with E-state index in [-0.39, 0.29) is 11.9 Å². The van der Waals surface area contributed by atoms with E-state index < -0.39 is 0 Å². The number of nitrogens with two attached hydrogens (primary N) is 1. The second-order valence-electron chi connectivity index (χ2n) is 5.53. The molecule has 1 amide bonds. The van der Waals surface area contributed by atoms with Crippen molar-refractivity contribution in [3.63, 3.8) is 0 Å². The minimum absolute atomic E-state index is 0.0994. The molecule has 1 fully saturated rings. The van der Waals surface area contributed by atoms with E-state index >= 15 is 0 Å². The van der Waals surface area contributed by atoms with Crippen LogP contribution in [-0.4, -0.2) is 12.5 Å². The molecule has 1 atom stereocenters. The van der Waals surface area contributed by atoms with Crippen molar-refractivity contribution in [2.24, 2.45) is 11.7 Å². The largest absolute Gasteiger partial charge is 0.349 e. The minimum atomic E-state index is 0.0994. The second kappa shape index (κ2) is 7.65. The lowest BCUT2D eigenvalue weighted by Crippen LogP contribution is -2.32. The molecular weight excluding hydrogens is 272 g/mol. The van der Waals surface area contributed by atoms with Gasteiger partial charge in [-0.15, -0.1) is 0 Å². The van der Waals surface area contributed by atoms with Crippen molar-refractivity contribution in [1.29, 1.82) is 0 Å². The average molecular weight is 295 g/mol. The van der Waals surface area contributed by atoms with Crippen LogP contribution in [-0.2, 0) is 4.79 Å². The number of amides is 1. The third-order valence-corrected chi connectivity index (χ3v) is 4.28. The van der Waals surface area contributed by atoms with E-state index in [1.807, 2.05) is 24.3 Å². The first-order valence-corrected chi connectivity index (χ1v) is 7.83. The van der Waals surface area contributed by atoms with Crippen LogP contribution in [0.3, 0.4) is 0 Å². The molecule has 4 heteroatoms. The fraction of sp³-hybridized carbons (Fsp3) is 0.562. The Morgan fingerprint density at radius 3 is 2.55 bits per heavy atom. The number of nitrogens with one attached hydrogen (secondary N) is 1. The third-order valence-electron chi connectivity index (χ3n) is 4.02. The van der Waals surface area contributed by atoms with Gasteiger partial charge in [0.25, 0.3) is 0 Å². The summed E-state index contributed by atoms with van der Waals surface area (Å²) in [5.41, 5.74) is 6.62. The Labute approximate surface area is 125 Å². The van der Waals surface area contributed by atoms with E-state index in [1.54, 1.807) is 0 Å². The fourth-order valence-corrected chi connectivity index (χ4v) is 3.07. The maximum Gasteiger partial charge on any atom is 0.220 e. The zero-order valence-electron chi connectivity index (χ0n) is 11.8. The fourth-order valence-electron chi connectivity index (χ4n) is 2.94. The molecule has 2 rings (SSSR count). The Morgan fingerprint density at radius 1 is 1.30 bits per heavy atom. The summed E-state index contributed by atoms with van der Waals surface area (Å²) >= 11 is 5.95. The molecule has 1 unspecified atom stereocenters. The lowest BCUT2D eigenvalue weighted by atomic mass is 9.91. The van der Waals surface area contributed by atoms with Gasteiger partial charge in [0.2, 0.25) is 5.91 Å². The number of benzene rings is 1. The van der Waals surface area contributed by atoms with Crippen molar-refractivity contribution in [3.05, 3.63) is 34.9 Å². The lowest BCUT2D eigenvalue weighted by molar-refractivity contribution is -0.122. The van der Waals surface area contributed by atoms with E-state index in [2.05, 4.69) is 5.32 Å². The summed E-state index contributed by atoms with van der Waals surface area (Å²) in [6.07, 6.45) is 6.13. The molecule has 1 saturated carbocycles. The first-order chi connectivity index (χ1) is 9.70. The number of rotatable bonds is 6. The van der Waals surface area contributed by atoms with Gasteiger partial charge in [-0.3, -0.25) is 4.79 Å². The number of carbonyl (C=O) groups is 1. The molecule has 3 N–H and O–H groups in total. The van der Waals surface area contributed by atoms with Crippen LogP contribution in [0.5, 0.6) is 0 Å². The third kappa shape index (κ3) is 4.22. The molecule has 0 radical (unpaired) electrons. The van der Waals surface area contributed by atoms with Gasteiger partial charge in [-0.25, -0.2) is 0 Å². The molecule has 1 aromatic rings.